The molecular formula is C19H22N2O2. The Balaban J connectivity index is 1.43. The van der Waals surface area contributed by atoms with Gasteiger partial charge in [0.1, 0.15) is 5.76 Å². The van der Waals surface area contributed by atoms with Crippen LogP contribution in [-0.4, -0.2) is 29.1 Å². The second-order valence-corrected chi connectivity index (χ2v) is 7.11. The fraction of sp³-hybridized carbons (Fsp3) is 0.474. The molecule has 4 nitrogen and oxygen atoms in total. The van der Waals surface area contributed by atoms with Crippen LogP contribution in [0.1, 0.15) is 60.3 Å². The number of nitrogens with zero attached hydrogens (tertiary/aromatic N) is 2. The van der Waals surface area contributed by atoms with Gasteiger partial charge in [-0.25, -0.2) is 0 Å². The molecule has 1 aliphatic heterocycles. The Labute approximate surface area is 136 Å². The van der Waals surface area contributed by atoms with Crippen LogP contribution in [0.4, 0.5) is 0 Å². The molecule has 0 radical (unpaired) electrons. The average Bonchev–Trinajstić information content (AvgIpc) is 3.33. The largest absolute Gasteiger partial charge is 0.360 e. The number of piperidine rings is 1. The third-order valence-corrected chi connectivity index (χ3v) is 5.35. The summed E-state index contributed by atoms with van der Waals surface area (Å²) in [7, 11) is 0. The van der Waals surface area contributed by atoms with Gasteiger partial charge in [-0.3, -0.25) is 4.79 Å². The Bertz CT molecular complexity index is 695. The molecule has 1 aromatic carbocycles. The van der Waals surface area contributed by atoms with Gasteiger partial charge in [0.25, 0.3) is 5.91 Å². The molecule has 0 atom stereocenters. The third kappa shape index (κ3) is 2.78. The summed E-state index contributed by atoms with van der Waals surface area (Å²) < 4.78 is 5.31. The van der Waals surface area contributed by atoms with Crippen molar-refractivity contribution in [1.82, 2.24) is 10.1 Å². The van der Waals surface area contributed by atoms with E-state index in [0.717, 1.165) is 44.5 Å². The van der Waals surface area contributed by atoms with Crippen molar-refractivity contribution in [2.45, 2.75) is 43.9 Å². The summed E-state index contributed by atoms with van der Waals surface area (Å²) >= 11 is 0. The lowest BCUT2D eigenvalue weighted by atomic mass is 9.74. The standard InChI is InChI=1S/C19H22N2O2/c1-19(15-5-3-2-4-6-15)9-11-21(12-10-19)18(22)16-13-17(23-20-16)14-7-8-14/h2-6,13-14H,7-12H2,1H3. The van der Waals surface area contributed by atoms with Crippen molar-refractivity contribution in [2.75, 3.05) is 13.1 Å². The van der Waals surface area contributed by atoms with Crippen LogP contribution in [-0.2, 0) is 5.41 Å². The minimum absolute atomic E-state index is 0.00996. The number of hydrogen-bond acceptors (Lipinski definition) is 3. The Morgan fingerprint density at radius 3 is 2.57 bits per heavy atom. The molecule has 1 amide bonds. The molecule has 0 unspecified atom stereocenters. The van der Waals surface area contributed by atoms with E-state index in [0.29, 0.717) is 11.6 Å². The van der Waals surface area contributed by atoms with Crippen LogP contribution in [0, 0.1) is 0 Å². The first-order chi connectivity index (χ1) is 11.2. The lowest BCUT2D eigenvalue weighted by molar-refractivity contribution is 0.0665. The smallest absolute Gasteiger partial charge is 0.276 e. The first-order valence-electron chi connectivity index (χ1n) is 8.47. The monoisotopic (exact) mass is 310 g/mol. The summed E-state index contributed by atoms with van der Waals surface area (Å²) in [6.07, 6.45) is 4.27. The predicted octanol–water partition coefficient (Wildman–Crippen LogP) is 3.75. The van der Waals surface area contributed by atoms with Crippen LogP contribution in [0.5, 0.6) is 0 Å². The Morgan fingerprint density at radius 2 is 1.91 bits per heavy atom. The van der Waals surface area contributed by atoms with Crippen molar-refractivity contribution < 1.29 is 9.32 Å². The van der Waals surface area contributed by atoms with Crippen LogP contribution in [0.25, 0.3) is 0 Å². The number of aromatic nitrogens is 1. The van der Waals surface area contributed by atoms with E-state index in [1.54, 1.807) is 0 Å². The van der Waals surface area contributed by atoms with Gasteiger partial charge in [-0.2, -0.15) is 0 Å². The predicted molar refractivity (Wildman–Crippen MR) is 87.4 cm³/mol. The van der Waals surface area contributed by atoms with Crippen LogP contribution in [0.15, 0.2) is 40.9 Å². The van der Waals surface area contributed by atoms with E-state index in [1.165, 1.54) is 5.56 Å². The Kier molecular flexibility index (Phi) is 3.47. The molecule has 1 aromatic heterocycles. The van der Waals surface area contributed by atoms with Gasteiger partial charge in [-0.1, -0.05) is 42.4 Å². The van der Waals surface area contributed by atoms with Crippen molar-refractivity contribution in [2.24, 2.45) is 0 Å². The molecule has 0 N–H and O–H groups in total. The summed E-state index contributed by atoms with van der Waals surface area (Å²) in [4.78, 5) is 14.5. The molecule has 0 bridgehead atoms. The maximum atomic E-state index is 12.6. The van der Waals surface area contributed by atoms with Gasteiger partial charge in [-0.05, 0) is 36.7 Å². The molecular weight excluding hydrogens is 288 g/mol. The van der Waals surface area contributed by atoms with E-state index in [2.05, 4.69) is 36.3 Å². The van der Waals surface area contributed by atoms with Crippen molar-refractivity contribution in [1.29, 1.82) is 0 Å². The lowest BCUT2D eigenvalue weighted by Gasteiger charge is -2.39. The minimum atomic E-state index is 0.00996. The number of likely N-dealkylation sites (tertiary alicyclic amines) is 1. The first-order valence-corrected chi connectivity index (χ1v) is 8.47. The Hall–Kier alpha value is -2.10. The highest BCUT2D eigenvalue weighted by atomic mass is 16.5. The topological polar surface area (TPSA) is 46.3 Å². The van der Waals surface area contributed by atoms with Gasteiger partial charge in [0.2, 0.25) is 0 Å². The first kappa shape index (κ1) is 14.5. The molecule has 120 valence electrons. The van der Waals surface area contributed by atoms with Gasteiger partial charge < -0.3 is 9.42 Å². The molecule has 2 aliphatic rings. The zero-order chi connectivity index (χ0) is 15.9. The number of carbonyl (C=O) groups excluding carboxylic acids is 1. The zero-order valence-electron chi connectivity index (χ0n) is 13.5. The summed E-state index contributed by atoms with van der Waals surface area (Å²) in [5, 5.41) is 3.98. The SMILES string of the molecule is CC1(c2ccccc2)CCN(C(=O)c2cc(C3CC3)on2)CC1. The van der Waals surface area contributed by atoms with Crippen LogP contribution in [0.3, 0.4) is 0 Å². The highest BCUT2D eigenvalue weighted by Gasteiger charge is 2.35. The summed E-state index contributed by atoms with van der Waals surface area (Å²) in [5.74, 6) is 1.38. The van der Waals surface area contributed by atoms with Gasteiger partial charge in [0.15, 0.2) is 5.69 Å². The van der Waals surface area contributed by atoms with E-state index in [1.807, 2.05) is 17.0 Å². The van der Waals surface area contributed by atoms with Crippen molar-refractivity contribution in [3.63, 3.8) is 0 Å². The molecule has 1 aliphatic carbocycles. The van der Waals surface area contributed by atoms with Gasteiger partial charge in [-0.15, -0.1) is 0 Å². The van der Waals surface area contributed by atoms with Crippen molar-refractivity contribution in [3.8, 4) is 0 Å². The normalized spacial score (nSPS) is 20.5. The van der Waals surface area contributed by atoms with E-state index in [9.17, 15) is 4.79 Å². The molecule has 2 fully saturated rings. The lowest BCUT2D eigenvalue weighted by Crippen LogP contribution is -2.44. The number of carbonyl (C=O) groups is 1. The summed E-state index contributed by atoms with van der Waals surface area (Å²) in [6.45, 7) is 3.84. The van der Waals surface area contributed by atoms with E-state index >= 15 is 0 Å². The fourth-order valence-electron chi connectivity index (χ4n) is 3.44. The second kappa shape index (κ2) is 5.52. The van der Waals surface area contributed by atoms with E-state index in [-0.39, 0.29) is 11.3 Å². The molecule has 1 saturated carbocycles. The number of amides is 1. The molecule has 2 aromatic rings. The van der Waals surface area contributed by atoms with Crippen LogP contribution in [0.2, 0.25) is 0 Å². The summed E-state index contributed by atoms with van der Waals surface area (Å²) in [5.41, 5.74) is 1.99. The van der Waals surface area contributed by atoms with Gasteiger partial charge in [0, 0.05) is 25.1 Å². The highest BCUT2D eigenvalue weighted by Crippen LogP contribution is 2.40. The van der Waals surface area contributed by atoms with E-state index in [4.69, 9.17) is 4.52 Å². The number of hydrogen-bond donors (Lipinski definition) is 0. The van der Waals surface area contributed by atoms with E-state index < -0.39 is 0 Å². The van der Waals surface area contributed by atoms with Crippen molar-refractivity contribution >= 4 is 5.91 Å². The van der Waals surface area contributed by atoms with Crippen LogP contribution < -0.4 is 0 Å². The summed E-state index contributed by atoms with van der Waals surface area (Å²) in [6, 6.07) is 12.5. The molecule has 2 heterocycles. The molecule has 23 heavy (non-hydrogen) atoms. The maximum Gasteiger partial charge on any atom is 0.276 e. The molecule has 4 rings (SSSR count). The fourth-order valence-corrected chi connectivity index (χ4v) is 3.44. The highest BCUT2D eigenvalue weighted by molar-refractivity contribution is 5.92. The number of rotatable bonds is 3. The second-order valence-electron chi connectivity index (χ2n) is 7.11. The maximum absolute atomic E-state index is 12.6. The van der Waals surface area contributed by atoms with Gasteiger partial charge >= 0.3 is 0 Å². The average molecular weight is 310 g/mol. The molecule has 0 spiro atoms. The zero-order valence-corrected chi connectivity index (χ0v) is 13.5. The van der Waals surface area contributed by atoms with Gasteiger partial charge in [0.05, 0.1) is 0 Å². The molecule has 4 heteroatoms. The van der Waals surface area contributed by atoms with Crippen LogP contribution >= 0.6 is 0 Å². The quantitative estimate of drug-likeness (QED) is 0.867. The Morgan fingerprint density at radius 1 is 1.22 bits per heavy atom. The minimum Gasteiger partial charge on any atom is -0.360 e. The third-order valence-electron chi connectivity index (χ3n) is 5.35. The van der Waals surface area contributed by atoms with Crippen molar-refractivity contribution in [3.05, 3.63) is 53.4 Å². The number of benzene rings is 1. The molecule has 1 saturated heterocycles.